The van der Waals surface area contributed by atoms with Crippen LogP contribution in [0.1, 0.15) is 23.7 Å². The Morgan fingerprint density at radius 3 is 2.52 bits per heavy atom. The number of nitrogens with one attached hydrogen (secondary N) is 2. The molecule has 0 bridgehead atoms. The minimum Gasteiger partial charge on any atom is -0.496 e. The lowest BCUT2D eigenvalue weighted by atomic mass is 10.2. The molecule has 0 unspecified atom stereocenters. The van der Waals surface area contributed by atoms with E-state index in [1.165, 1.54) is 0 Å². The van der Waals surface area contributed by atoms with Crippen molar-refractivity contribution >= 4 is 51.5 Å². The Bertz CT molecular complexity index is 750. The summed E-state index contributed by atoms with van der Waals surface area (Å²) in [4.78, 5) is 12.3. The molecule has 25 heavy (non-hydrogen) atoms. The van der Waals surface area contributed by atoms with Gasteiger partial charge in [-0.2, -0.15) is 0 Å². The Balaban J connectivity index is 1.93. The van der Waals surface area contributed by atoms with Gasteiger partial charge in [0.15, 0.2) is 5.11 Å². The van der Waals surface area contributed by atoms with Crippen LogP contribution in [-0.4, -0.2) is 24.7 Å². The number of hydrogen-bond acceptors (Lipinski definition) is 4. The van der Waals surface area contributed by atoms with Gasteiger partial charge in [-0.05, 0) is 83.7 Å². The number of thiocarbonyl (C=S) groups is 1. The van der Waals surface area contributed by atoms with Crippen LogP contribution in [0.4, 0.5) is 5.69 Å². The fourth-order valence-electron chi connectivity index (χ4n) is 2.00. The van der Waals surface area contributed by atoms with Crippen molar-refractivity contribution in [2.75, 3.05) is 19.0 Å². The van der Waals surface area contributed by atoms with Crippen molar-refractivity contribution in [1.29, 1.82) is 0 Å². The van der Waals surface area contributed by atoms with Crippen LogP contribution < -0.4 is 20.1 Å². The summed E-state index contributed by atoms with van der Waals surface area (Å²) in [7, 11) is 1.59. The number of carbonyl (C=O) groups excluding carboxylic acids is 1. The van der Waals surface area contributed by atoms with Crippen LogP contribution in [0.15, 0.2) is 42.5 Å². The molecule has 0 atom stereocenters. The van der Waals surface area contributed by atoms with E-state index < -0.39 is 0 Å². The van der Waals surface area contributed by atoms with Gasteiger partial charge in [-0.25, -0.2) is 0 Å². The third-order valence-corrected chi connectivity index (χ3v) is 4.27. The van der Waals surface area contributed by atoms with Crippen molar-refractivity contribution in [2.24, 2.45) is 0 Å². The van der Waals surface area contributed by atoms with Gasteiger partial charge >= 0.3 is 0 Å². The van der Waals surface area contributed by atoms with Gasteiger partial charge < -0.3 is 14.8 Å². The van der Waals surface area contributed by atoms with Crippen LogP contribution in [-0.2, 0) is 0 Å². The molecule has 2 aromatic carbocycles. The van der Waals surface area contributed by atoms with Crippen molar-refractivity contribution in [3.63, 3.8) is 0 Å². The van der Waals surface area contributed by atoms with E-state index in [1.54, 1.807) is 25.3 Å². The first-order valence-corrected chi connectivity index (χ1v) is 9.21. The van der Waals surface area contributed by atoms with Crippen LogP contribution in [0.3, 0.4) is 0 Å². The molecule has 0 saturated heterocycles. The molecule has 0 heterocycles. The number of anilines is 1. The standard InChI is InChI=1S/C18H19IN2O3S/c1-3-10-24-14-7-5-13(6-8-14)20-18(25)21-17(22)12-4-9-16(23-2)15(19)11-12/h4-9,11H,3,10H2,1-2H3,(H2,20,21,22,25). The van der Waals surface area contributed by atoms with Gasteiger partial charge in [0.05, 0.1) is 17.3 Å². The highest BCUT2D eigenvalue weighted by Crippen LogP contribution is 2.21. The summed E-state index contributed by atoms with van der Waals surface area (Å²) >= 11 is 7.31. The van der Waals surface area contributed by atoms with Gasteiger partial charge in [0.25, 0.3) is 5.91 Å². The van der Waals surface area contributed by atoms with E-state index in [0.717, 1.165) is 27.2 Å². The van der Waals surface area contributed by atoms with Gasteiger partial charge in [-0.15, -0.1) is 0 Å². The SMILES string of the molecule is CCCOc1ccc(NC(=S)NC(=O)c2ccc(OC)c(I)c2)cc1. The van der Waals surface area contributed by atoms with Gasteiger partial charge in [0.1, 0.15) is 11.5 Å². The van der Waals surface area contributed by atoms with Gasteiger partial charge in [-0.3, -0.25) is 10.1 Å². The lowest BCUT2D eigenvalue weighted by molar-refractivity contribution is 0.0977. The predicted molar refractivity (Wildman–Crippen MR) is 112 cm³/mol. The topological polar surface area (TPSA) is 59.6 Å². The number of amides is 1. The first-order chi connectivity index (χ1) is 12.0. The van der Waals surface area contributed by atoms with Crippen molar-refractivity contribution in [3.05, 3.63) is 51.6 Å². The molecule has 0 aliphatic rings. The van der Waals surface area contributed by atoms with Gasteiger partial charge in [-0.1, -0.05) is 6.92 Å². The number of methoxy groups -OCH3 is 1. The Labute approximate surface area is 166 Å². The fraction of sp³-hybridized carbons (Fsp3) is 0.222. The lowest BCUT2D eigenvalue weighted by Gasteiger charge is -2.11. The molecule has 0 fully saturated rings. The number of ether oxygens (including phenoxy) is 2. The molecule has 2 aromatic rings. The highest BCUT2D eigenvalue weighted by Gasteiger charge is 2.10. The molecule has 132 valence electrons. The maximum Gasteiger partial charge on any atom is 0.257 e. The third kappa shape index (κ3) is 5.86. The van der Waals surface area contributed by atoms with Gasteiger partial charge in [0.2, 0.25) is 0 Å². The summed E-state index contributed by atoms with van der Waals surface area (Å²) < 4.78 is 11.6. The van der Waals surface area contributed by atoms with Crippen LogP contribution in [0.5, 0.6) is 11.5 Å². The summed E-state index contributed by atoms with van der Waals surface area (Å²) in [6.07, 6.45) is 0.959. The zero-order chi connectivity index (χ0) is 18.2. The monoisotopic (exact) mass is 470 g/mol. The number of carbonyl (C=O) groups is 1. The van der Waals surface area contributed by atoms with Crippen LogP contribution in [0, 0.1) is 3.57 Å². The molecular formula is C18H19IN2O3S. The molecule has 2 N–H and O–H groups in total. The second kappa shape index (κ2) is 9.57. The average Bonchev–Trinajstić information content (AvgIpc) is 2.61. The molecule has 7 heteroatoms. The average molecular weight is 470 g/mol. The van der Waals surface area contributed by atoms with Crippen molar-refractivity contribution in [1.82, 2.24) is 5.32 Å². The second-order valence-electron chi connectivity index (χ2n) is 5.13. The highest BCUT2D eigenvalue weighted by atomic mass is 127. The van der Waals surface area contributed by atoms with E-state index >= 15 is 0 Å². The highest BCUT2D eigenvalue weighted by molar-refractivity contribution is 14.1. The van der Waals surface area contributed by atoms with Crippen molar-refractivity contribution in [3.8, 4) is 11.5 Å². The van der Waals surface area contributed by atoms with Crippen molar-refractivity contribution in [2.45, 2.75) is 13.3 Å². The molecule has 0 aliphatic heterocycles. The first-order valence-electron chi connectivity index (χ1n) is 7.72. The van der Waals surface area contributed by atoms with Crippen LogP contribution in [0.25, 0.3) is 0 Å². The minimum atomic E-state index is -0.277. The summed E-state index contributed by atoms with van der Waals surface area (Å²) in [5.41, 5.74) is 1.29. The molecule has 0 saturated carbocycles. The Morgan fingerprint density at radius 1 is 1.20 bits per heavy atom. The Morgan fingerprint density at radius 2 is 1.92 bits per heavy atom. The fourth-order valence-corrected chi connectivity index (χ4v) is 2.95. The molecule has 2 rings (SSSR count). The molecule has 1 amide bonds. The van der Waals surface area contributed by atoms with Crippen LogP contribution >= 0.6 is 34.8 Å². The number of benzene rings is 2. The van der Waals surface area contributed by atoms with Gasteiger partial charge in [0, 0.05) is 11.3 Å². The van der Waals surface area contributed by atoms with E-state index in [0.29, 0.717) is 12.2 Å². The zero-order valence-corrected chi connectivity index (χ0v) is 16.9. The van der Waals surface area contributed by atoms with E-state index in [-0.39, 0.29) is 11.0 Å². The summed E-state index contributed by atoms with van der Waals surface area (Å²) in [5, 5.41) is 5.88. The van der Waals surface area contributed by atoms with E-state index in [2.05, 4.69) is 40.1 Å². The Kier molecular flexibility index (Phi) is 7.45. The number of halogens is 1. The zero-order valence-electron chi connectivity index (χ0n) is 14.0. The van der Waals surface area contributed by atoms with Crippen molar-refractivity contribution < 1.29 is 14.3 Å². The summed E-state index contributed by atoms with van der Waals surface area (Å²) in [5.74, 6) is 1.25. The molecule has 0 spiro atoms. The maximum absolute atomic E-state index is 12.3. The maximum atomic E-state index is 12.3. The molecule has 0 aromatic heterocycles. The molecular weight excluding hydrogens is 451 g/mol. The second-order valence-corrected chi connectivity index (χ2v) is 6.70. The van der Waals surface area contributed by atoms with Crippen LogP contribution in [0.2, 0.25) is 0 Å². The summed E-state index contributed by atoms with van der Waals surface area (Å²) in [6.45, 7) is 2.74. The van der Waals surface area contributed by atoms with E-state index in [4.69, 9.17) is 21.7 Å². The van der Waals surface area contributed by atoms with E-state index in [1.807, 2.05) is 24.3 Å². The largest absolute Gasteiger partial charge is 0.496 e. The normalized spacial score (nSPS) is 10.0. The smallest absolute Gasteiger partial charge is 0.257 e. The lowest BCUT2D eigenvalue weighted by Crippen LogP contribution is -2.34. The number of hydrogen-bond donors (Lipinski definition) is 2. The summed E-state index contributed by atoms with van der Waals surface area (Å²) in [6, 6.07) is 12.6. The third-order valence-electron chi connectivity index (χ3n) is 3.23. The predicted octanol–water partition coefficient (Wildman–Crippen LogP) is 4.22. The molecule has 5 nitrogen and oxygen atoms in total. The number of rotatable bonds is 6. The minimum absolute atomic E-state index is 0.234. The molecule has 0 radical (unpaired) electrons. The van der Waals surface area contributed by atoms with E-state index in [9.17, 15) is 4.79 Å². The first kappa shape index (κ1) is 19.5. The Hall–Kier alpha value is -1.87. The molecule has 0 aliphatic carbocycles. The quantitative estimate of drug-likeness (QED) is 0.489.